The molecule has 0 radical (unpaired) electrons. The summed E-state index contributed by atoms with van der Waals surface area (Å²) in [7, 11) is 0. The molecule has 0 amide bonds. The zero-order valence-corrected chi connectivity index (χ0v) is 9.58. The highest BCUT2D eigenvalue weighted by Gasteiger charge is 2.21. The summed E-state index contributed by atoms with van der Waals surface area (Å²) in [6.07, 6.45) is 0. The molecule has 70 valence electrons. The van der Waals surface area contributed by atoms with Crippen LogP contribution in [-0.2, 0) is 0 Å². The van der Waals surface area contributed by atoms with Gasteiger partial charge in [-0.3, -0.25) is 0 Å². The van der Waals surface area contributed by atoms with Crippen LogP contribution in [0.1, 0.15) is 11.1 Å². The van der Waals surface area contributed by atoms with Crippen LogP contribution in [-0.4, -0.2) is 0 Å². The first-order valence-electron chi connectivity index (χ1n) is 3.20. The maximum absolute atomic E-state index is 13.0. The monoisotopic (exact) mass is 320 g/mol. The van der Waals surface area contributed by atoms with E-state index in [0.29, 0.717) is 0 Å². The van der Waals surface area contributed by atoms with Crippen molar-refractivity contribution in [3.05, 3.63) is 31.7 Å². The summed E-state index contributed by atoms with van der Waals surface area (Å²) in [5.74, 6) is -2.38. The van der Waals surface area contributed by atoms with Crippen LogP contribution in [0, 0.1) is 34.3 Å². The van der Waals surface area contributed by atoms with Crippen molar-refractivity contribution >= 4 is 31.9 Å². The van der Waals surface area contributed by atoms with Crippen molar-refractivity contribution in [1.29, 1.82) is 10.5 Å². The van der Waals surface area contributed by atoms with E-state index >= 15 is 0 Å². The number of benzene rings is 1. The molecule has 0 fully saturated rings. The molecular formula is C8Br2F2N2. The summed E-state index contributed by atoms with van der Waals surface area (Å²) in [4.78, 5) is 0. The number of rotatable bonds is 0. The molecule has 0 saturated heterocycles. The van der Waals surface area contributed by atoms with Gasteiger partial charge in [-0.05, 0) is 31.9 Å². The molecule has 0 N–H and O–H groups in total. The highest BCUT2D eigenvalue weighted by molar-refractivity contribution is 9.11. The summed E-state index contributed by atoms with van der Waals surface area (Å²) in [5, 5.41) is 17.3. The molecule has 0 aromatic heterocycles. The zero-order valence-electron chi connectivity index (χ0n) is 6.41. The zero-order chi connectivity index (χ0) is 10.9. The van der Waals surface area contributed by atoms with E-state index < -0.39 is 11.6 Å². The Hall–Kier alpha value is -0.980. The average molecular weight is 322 g/mol. The highest BCUT2D eigenvalue weighted by atomic mass is 79.9. The topological polar surface area (TPSA) is 47.6 Å². The van der Waals surface area contributed by atoms with Gasteiger partial charge in [0.15, 0.2) is 11.6 Å². The molecule has 14 heavy (non-hydrogen) atoms. The summed E-state index contributed by atoms with van der Waals surface area (Å²) in [6.45, 7) is 0. The van der Waals surface area contributed by atoms with Gasteiger partial charge in [-0.15, -0.1) is 0 Å². The molecule has 0 unspecified atom stereocenters. The molecule has 0 spiro atoms. The van der Waals surface area contributed by atoms with Crippen molar-refractivity contribution in [3.63, 3.8) is 0 Å². The third kappa shape index (κ3) is 1.52. The fourth-order valence-corrected chi connectivity index (χ4v) is 1.76. The first kappa shape index (κ1) is 11.1. The van der Waals surface area contributed by atoms with E-state index in [1.807, 2.05) is 0 Å². The van der Waals surface area contributed by atoms with Crippen molar-refractivity contribution < 1.29 is 8.78 Å². The SMILES string of the molecule is N#Cc1c(Br)c(F)c(F)c(Br)c1C#N. The van der Waals surface area contributed by atoms with Gasteiger partial charge in [0.1, 0.15) is 12.1 Å². The Morgan fingerprint density at radius 3 is 1.36 bits per heavy atom. The molecule has 1 rings (SSSR count). The maximum Gasteiger partial charge on any atom is 0.175 e. The number of nitriles is 2. The fourth-order valence-electron chi connectivity index (χ4n) is 0.842. The molecule has 0 aliphatic carbocycles. The van der Waals surface area contributed by atoms with Gasteiger partial charge in [-0.25, -0.2) is 8.78 Å². The number of hydrogen-bond acceptors (Lipinski definition) is 2. The van der Waals surface area contributed by atoms with E-state index in [9.17, 15) is 8.78 Å². The van der Waals surface area contributed by atoms with E-state index in [1.54, 1.807) is 12.1 Å². The quantitative estimate of drug-likeness (QED) is 0.544. The van der Waals surface area contributed by atoms with Crippen LogP contribution in [0.3, 0.4) is 0 Å². The van der Waals surface area contributed by atoms with Crippen molar-refractivity contribution in [2.45, 2.75) is 0 Å². The third-order valence-corrected chi connectivity index (χ3v) is 2.98. The molecule has 1 aromatic carbocycles. The minimum atomic E-state index is -1.19. The van der Waals surface area contributed by atoms with Crippen LogP contribution in [0.4, 0.5) is 8.78 Å². The Morgan fingerprint density at radius 1 is 0.857 bits per heavy atom. The van der Waals surface area contributed by atoms with Crippen LogP contribution in [0.15, 0.2) is 8.95 Å². The van der Waals surface area contributed by atoms with E-state index in [-0.39, 0.29) is 20.1 Å². The minimum absolute atomic E-state index is 0.224. The van der Waals surface area contributed by atoms with Gasteiger partial charge in [-0.1, -0.05) is 0 Å². The molecule has 0 atom stereocenters. The molecule has 0 aliphatic rings. The van der Waals surface area contributed by atoms with Crippen molar-refractivity contribution in [2.24, 2.45) is 0 Å². The molecule has 1 aromatic rings. The molecule has 0 heterocycles. The van der Waals surface area contributed by atoms with Crippen LogP contribution < -0.4 is 0 Å². The third-order valence-electron chi connectivity index (χ3n) is 1.49. The van der Waals surface area contributed by atoms with Gasteiger partial charge in [0, 0.05) is 0 Å². The Bertz CT molecular complexity index is 441. The lowest BCUT2D eigenvalue weighted by Gasteiger charge is -2.04. The van der Waals surface area contributed by atoms with Crippen LogP contribution >= 0.6 is 31.9 Å². The summed E-state index contributed by atoms with van der Waals surface area (Å²) >= 11 is 5.42. The van der Waals surface area contributed by atoms with Crippen molar-refractivity contribution in [1.82, 2.24) is 0 Å². The van der Waals surface area contributed by atoms with Gasteiger partial charge >= 0.3 is 0 Å². The predicted octanol–water partition coefficient (Wildman–Crippen LogP) is 3.23. The summed E-state index contributed by atoms with van der Waals surface area (Å²) < 4.78 is 25.4. The standard InChI is InChI=1S/C8Br2F2N2/c9-5-3(1-13)4(2-14)6(10)8(12)7(5)11. The number of hydrogen-bond donors (Lipinski definition) is 0. The second kappa shape index (κ2) is 4.04. The van der Waals surface area contributed by atoms with E-state index in [1.165, 1.54) is 0 Å². The van der Waals surface area contributed by atoms with E-state index in [4.69, 9.17) is 10.5 Å². The van der Waals surface area contributed by atoms with Gasteiger partial charge in [0.2, 0.25) is 0 Å². The van der Waals surface area contributed by atoms with E-state index in [2.05, 4.69) is 31.9 Å². The lowest BCUT2D eigenvalue weighted by Crippen LogP contribution is -1.97. The Morgan fingerprint density at radius 2 is 1.14 bits per heavy atom. The Kier molecular flexibility index (Phi) is 3.20. The fraction of sp³-hybridized carbons (Fsp3) is 0. The number of halogens is 4. The lowest BCUT2D eigenvalue weighted by molar-refractivity contribution is 0.499. The van der Waals surface area contributed by atoms with Gasteiger partial charge in [-0.2, -0.15) is 10.5 Å². The summed E-state index contributed by atoms with van der Waals surface area (Å²) in [6, 6.07) is 3.24. The highest BCUT2D eigenvalue weighted by Crippen LogP contribution is 2.32. The number of nitrogens with zero attached hydrogens (tertiary/aromatic N) is 2. The lowest BCUT2D eigenvalue weighted by atomic mass is 10.1. The van der Waals surface area contributed by atoms with E-state index in [0.717, 1.165) is 0 Å². The van der Waals surface area contributed by atoms with Gasteiger partial charge < -0.3 is 0 Å². The minimum Gasteiger partial charge on any atom is -0.202 e. The Balaban J connectivity index is 3.79. The predicted molar refractivity (Wildman–Crippen MR) is 51.2 cm³/mol. The van der Waals surface area contributed by atoms with Gasteiger partial charge in [0.05, 0.1) is 20.1 Å². The molecule has 2 nitrogen and oxygen atoms in total. The smallest absolute Gasteiger partial charge is 0.175 e. The van der Waals surface area contributed by atoms with Crippen LogP contribution in [0.2, 0.25) is 0 Å². The van der Waals surface area contributed by atoms with Crippen LogP contribution in [0.25, 0.3) is 0 Å². The Labute approximate surface area is 95.0 Å². The normalized spacial score (nSPS) is 9.29. The molecule has 6 heteroatoms. The molecular weight excluding hydrogens is 322 g/mol. The average Bonchev–Trinajstić information content (AvgIpc) is 2.20. The molecule has 0 bridgehead atoms. The molecule has 0 saturated carbocycles. The second-order valence-corrected chi connectivity index (χ2v) is 3.82. The maximum atomic E-state index is 13.0. The van der Waals surface area contributed by atoms with Gasteiger partial charge in [0.25, 0.3) is 0 Å². The molecule has 0 aliphatic heterocycles. The largest absolute Gasteiger partial charge is 0.202 e. The first-order chi connectivity index (χ1) is 6.54. The summed E-state index contributed by atoms with van der Waals surface area (Å²) in [5.41, 5.74) is -0.448. The van der Waals surface area contributed by atoms with Crippen LogP contribution in [0.5, 0.6) is 0 Å². The first-order valence-corrected chi connectivity index (χ1v) is 4.79. The van der Waals surface area contributed by atoms with Crippen molar-refractivity contribution in [2.75, 3.05) is 0 Å². The van der Waals surface area contributed by atoms with Crippen molar-refractivity contribution in [3.8, 4) is 12.1 Å². The second-order valence-electron chi connectivity index (χ2n) is 2.23.